The highest BCUT2D eigenvalue weighted by Gasteiger charge is 2.60. The summed E-state index contributed by atoms with van der Waals surface area (Å²) in [6.07, 6.45) is 3.15. The largest absolute Gasteiger partial charge is 0.507 e. The quantitative estimate of drug-likeness (QED) is 0.162. The molecule has 0 atom stereocenters. The van der Waals surface area contributed by atoms with Crippen molar-refractivity contribution in [3.63, 3.8) is 0 Å². The van der Waals surface area contributed by atoms with Crippen molar-refractivity contribution in [1.82, 2.24) is 15.2 Å². The van der Waals surface area contributed by atoms with Gasteiger partial charge in [-0.2, -0.15) is 0 Å². The minimum atomic E-state index is -1.39. The molecule has 12 heteroatoms. The molecule has 0 unspecified atom stereocenters. The number of carbonyl (C=O) groups is 2. The molecule has 1 heterocycles. The molecular formula is C35H41Cl2N3O7. The maximum atomic E-state index is 14.1. The third kappa shape index (κ3) is 6.82. The first-order valence-electron chi connectivity index (χ1n) is 15.7. The fourth-order valence-corrected chi connectivity index (χ4v) is 8.06. The first kappa shape index (κ1) is 34.6. The van der Waals surface area contributed by atoms with Crippen molar-refractivity contribution in [2.45, 2.75) is 37.8 Å². The highest BCUT2D eigenvalue weighted by atomic mass is 35.5. The SMILES string of the molecule is COc1cccc(OC)c1-c1ccc(C(=O)NC2(OC(=O)O)C3CC4CC(C3)CC2C4)nc1-c1ccc(Cl)c(OCCN(C)C)c1.Cl. The number of likely N-dealkylation sites (N-methyl/N-ethyl adjacent to an activating group) is 1. The molecule has 10 nitrogen and oxygen atoms in total. The lowest BCUT2D eigenvalue weighted by Gasteiger charge is -2.59. The second-order valence-electron chi connectivity index (χ2n) is 12.8. The molecular weight excluding hydrogens is 645 g/mol. The number of nitrogens with zero attached hydrogens (tertiary/aromatic N) is 2. The molecule has 4 bridgehead atoms. The van der Waals surface area contributed by atoms with E-state index in [2.05, 4.69) is 5.32 Å². The van der Waals surface area contributed by atoms with Crippen molar-refractivity contribution in [3.05, 3.63) is 59.2 Å². The van der Waals surface area contributed by atoms with Crippen molar-refractivity contribution in [1.29, 1.82) is 0 Å². The summed E-state index contributed by atoms with van der Waals surface area (Å²) in [7, 11) is 7.09. The van der Waals surface area contributed by atoms with Gasteiger partial charge in [-0.05, 0) is 94.4 Å². The van der Waals surface area contributed by atoms with Gasteiger partial charge in [-0.15, -0.1) is 12.4 Å². The maximum Gasteiger partial charge on any atom is 0.507 e. The summed E-state index contributed by atoms with van der Waals surface area (Å²) >= 11 is 6.53. The van der Waals surface area contributed by atoms with Gasteiger partial charge in [0.2, 0.25) is 0 Å². The number of rotatable bonds is 11. The van der Waals surface area contributed by atoms with Crippen LogP contribution >= 0.6 is 24.0 Å². The van der Waals surface area contributed by atoms with Gasteiger partial charge >= 0.3 is 6.16 Å². The van der Waals surface area contributed by atoms with Crippen molar-refractivity contribution in [2.24, 2.45) is 23.7 Å². The number of carbonyl (C=O) groups excluding carboxylic acids is 1. The lowest BCUT2D eigenvalue weighted by molar-refractivity contribution is -0.191. The monoisotopic (exact) mass is 685 g/mol. The number of hydrogen-bond acceptors (Lipinski definition) is 8. The van der Waals surface area contributed by atoms with E-state index in [0.717, 1.165) is 25.7 Å². The van der Waals surface area contributed by atoms with Crippen LogP contribution in [0.5, 0.6) is 17.2 Å². The fraction of sp³-hybridized carbons (Fsp3) is 0.457. The number of aromatic nitrogens is 1. The Bertz CT molecular complexity index is 1580. The molecule has 0 spiro atoms. The Morgan fingerprint density at radius 1 is 0.957 bits per heavy atom. The predicted octanol–water partition coefficient (Wildman–Crippen LogP) is 7.03. The molecule has 4 aliphatic rings. The Kier molecular flexibility index (Phi) is 10.4. The normalized spacial score (nSPS) is 24.0. The van der Waals surface area contributed by atoms with Crippen molar-refractivity contribution in [3.8, 4) is 39.6 Å². The van der Waals surface area contributed by atoms with Crippen LogP contribution in [-0.2, 0) is 4.74 Å². The number of halogens is 2. The summed E-state index contributed by atoms with van der Waals surface area (Å²) in [5, 5.41) is 13.3. The Labute approximate surface area is 286 Å². The number of hydrogen-bond donors (Lipinski definition) is 2. The number of benzene rings is 2. The molecule has 2 N–H and O–H groups in total. The Morgan fingerprint density at radius 3 is 2.17 bits per heavy atom. The number of ether oxygens (including phenoxy) is 4. The van der Waals surface area contributed by atoms with E-state index in [1.165, 1.54) is 6.42 Å². The highest BCUT2D eigenvalue weighted by molar-refractivity contribution is 6.32. The molecule has 1 aromatic heterocycles. The molecule has 47 heavy (non-hydrogen) atoms. The minimum absolute atomic E-state index is 0. The Morgan fingerprint density at radius 2 is 1.60 bits per heavy atom. The van der Waals surface area contributed by atoms with Gasteiger partial charge in [0.05, 0.1) is 30.5 Å². The molecule has 0 radical (unpaired) electrons. The first-order valence-corrected chi connectivity index (χ1v) is 16.0. The van der Waals surface area contributed by atoms with Gasteiger partial charge in [-0.3, -0.25) is 4.79 Å². The zero-order chi connectivity index (χ0) is 32.6. The molecule has 7 rings (SSSR count). The topological polar surface area (TPSA) is 119 Å². The summed E-state index contributed by atoms with van der Waals surface area (Å²) in [6.45, 7) is 1.12. The van der Waals surface area contributed by atoms with E-state index < -0.39 is 17.8 Å². The predicted molar refractivity (Wildman–Crippen MR) is 181 cm³/mol. The summed E-state index contributed by atoms with van der Waals surface area (Å²) < 4.78 is 23.1. The fourth-order valence-electron chi connectivity index (χ4n) is 7.89. The number of carboxylic acid groups (broad SMARTS) is 1. The maximum absolute atomic E-state index is 14.1. The molecule has 4 fully saturated rings. The van der Waals surface area contributed by atoms with Crippen molar-refractivity contribution >= 4 is 36.1 Å². The van der Waals surface area contributed by atoms with Gasteiger partial charge in [-0.25, -0.2) is 9.78 Å². The van der Waals surface area contributed by atoms with Crippen molar-refractivity contribution in [2.75, 3.05) is 41.5 Å². The van der Waals surface area contributed by atoms with E-state index in [9.17, 15) is 14.7 Å². The average Bonchev–Trinajstić information content (AvgIpc) is 3.03. The van der Waals surface area contributed by atoms with Gasteiger partial charge in [0, 0.05) is 29.5 Å². The van der Waals surface area contributed by atoms with Crippen LogP contribution in [0.3, 0.4) is 0 Å². The van der Waals surface area contributed by atoms with E-state index in [4.69, 9.17) is 35.5 Å². The number of nitrogens with one attached hydrogen (secondary N) is 1. The zero-order valence-corrected chi connectivity index (χ0v) is 28.5. The van der Waals surface area contributed by atoms with Gasteiger partial charge in [0.15, 0.2) is 5.72 Å². The molecule has 1 amide bonds. The third-order valence-corrected chi connectivity index (χ3v) is 10.1. The van der Waals surface area contributed by atoms with E-state index in [1.807, 2.05) is 43.3 Å². The van der Waals surface area contributed by atoms with Crippen LogP contribution in [0.4, 0.5) is 4.79 Å². The van der Waals surface area contributed by atoms with Crippen LogP contribution in [0.2, 0.25) is 5.02 Å². The summed E-state index contributed by atoms with van der Waals surface area (Å²) in [4.78, 5) is 33.0. The summed E-state index contributed by atoms with van der Waals surface area (Å²) in [5.41, 5.74) is 1.31. The van der Waals surface area contributed by atoms with Crippen molar-refractivity contribution < 1.29 is 33.6 Å². The molecule has 4 aliphatic carbocycles. The first-order chi connectivity index (χ1) is 22.1. The van der Waals surface area contributed by atoms with Gasteiger partial charge in [0.25, 0.3) is 5.91 Å². The van der Waals surface area contributed by atoms with Crippen LogP contribution in [0, 0.1) is 23.7 Å². The second kappa shape index (κ2) is 14.2. The second-order valence-corrected chi connectivity index (χ2v) is 13.3. The van der Waals surface area contributed by atoms with Gasteiger partial charge in [-0.1, -0.05) is 23.7 Å². The van der Waals surface area contributed by atoms with Crippen LogP contribution in [0.25, 0.3) is 22.4 Å². The lowest BCUT2D eigenvalue weighted by atomic mass is 9.52. The zero-order valence-electron chi connectivity index (χ0n) is 27.0. The Balaban J connectivity index is 0.00000433. The third-order valence-electron chi connectivity index (χ3n) is 9.74. The van der Waals surface area contributed by atoms with E-state index >= 15 is 0 Å². The molecule has 252 valence electrons. The van der Waals surface area contributed by atoms with Crippen LogP contribution in [-0.4, -0.2) is 74.2 Å². The highest BCUT2D eigenvalue weighted by Crippen LogP contribution is 2.58. The van der Waals surface area contributed by atoms with Gasteiger partial charge < -0.3 is 34.3 Å². The molecule has 2 aromatic carbocycles. The smallest absolute Gasteiger partial charge is 0.496 e. The van der Waals surface area contributed by atoms with Gasteiger partial charge in [0.1, 0.15) is 29.5 Å². The number of pyridine rings is 1. The molecule has 4 saturated carbocycles. The summed E-state index contributed by atoms with van der Waals surface area (Å²) in [6, 6.07) is 14.3. The number of methoxy groups -OCH3 is 2. The molecule has 3 aromatic rings. The summed E-state index contributed by atoms with van der Waals surface area (Å²) in [5.74, 6) is 2.07. The van der Waals surface area contributed by atoms with E-state index in [0.29, 0.717) is 69.6 Å². The molecule has 0 aliphatic heterocycles. The average molecular weight is 687 g/mol. The lowest BCUT2D eigenvalue weighted by Crippen LogP contribution is -2.68. The van der Waals surface area contributed by atoms with Crippen LogP contribution < -0.4 is 19.5 Å². The minimum Gasteiger partial charge on any atom is -0.496 e. The standard InChI is InChI=1S/C35H40ClN3O7.ClH/c1-39(2)12-13-45-30-19-22(8-10-26(30)36)32-25(31-28(43-3)6-5-7-29(31)44-4)9-11-27(37-32)33(40)38-35(46-34(41)42)23-15-20-14-21(17-23)18-24(35)16-20;/h5-11,19-21,23-24H,12-18H2,1-4H3,(H,38,40)(H,41,42);1H. The Hall–Kier alpha value is -3.73. The van der Waals surface area contributed by atoms with E-state index in [1.54, 1.807) is 38.5 Å². The van der Waals surface area contributed by atoms with E-state index in [-0.39, 0.29) is 29.9 Å². The molecule has 0 saturated heterocycles. The van der Waals surface area contributed by atoms with Crippen LogP contribution in [0.15, 0.2) is 48.5 Å². The number of amides is 1. The van der Waals surface area contributed by atoms with Crippen LogP contribution in [0.1, 0.15) is 42.6 Å².